The minimum Gasteiger partial charge on any atom is -0.307 e. The Morgan fingerprint density at radius 2 is 1.85 bits per heavy atom. The molecule has 5 heteroatoms. The van der Waals surface area contributed by atoms with Gasteiger partial charge < -0.3 is 5.32 Å². The summed E-state index contributed by atoms with van der Waals surface area (Å²) in [4.78, 5) is 10.4. The number of hydrogen-bond acceptors (Lipinski definition) is 4. The van der Waals surface area contributed by atoms with E-state index >= 15 is 0 Å². The van der Waals surface area contributed by atoms with Crippen LogP contribution in [0.3, 0.4) is 0 Å². The highest BCUT2D eigenvalue weighted by atomic mass is 32.1. The second-order valence-corrected chi connectivity index (χ2v) is 7.99. The van der Waals surface area contributed by atoms with Crippen molar-refractivity contribution in [2.45, 2.75) is 50.6 Å². The van der Waals surface area contributed by atoms with Gasteiger partial charge in [-0.2, -0.15) is 0 Å². The summed E-state index contributed by atoms with van der Waals surface area (Å²) in [5.41, 5.74) is 1.41. The molecule has 0 aliphatic heterocycles. The molecule has 4 bridgehead atoms. The van der Waals surface area contributed by atoms with E-state index in [0.717, 1.165) is 29.9 Å². The van der Waals surface area contributed by atoms with E-state index in [4.69, 9.17) is 0 Å². The molecule has 0 unspecified atom stereocenters. The van der Waals surface area contributed by atoms with Gasteiger partial charge in [0.05, 0.1) is 4.92 Å². The van der Waals surface area contributed by atoms with Crippen LogP contribution in [0.5, 0.6) is 0 Å². The molecule has 0 aromatic carbocycles. The molecule has 1 heterocycles. The average Bonchev–Trinajstić information content (AvgIpc) is 2.84. The number of rotatable bonds is 4. The maximum atomic E-state index is 10.7. The maximum absolute atomic E-state index is 10.7. The second kappa shape index (κ2) is 4.53. The van der Waals surface area contributed by atoms with Crippen LogP contribution in [0.2, 0.25) is 0 Å². The van der Waals surface area contributed by atoms with Crippen LogP contribution < -0.4 is 5.32 Å². The third-order valence-corrected chi connectivity index (χ3v) is 6.45. The van der Waals surface area contributed by atoms with Crippen LogP contribution in [0.1, 0.15) is 44.1 Å². The van der Waals surface area contributed by atoms with Gasteiger partial charge in [-0.3, -0.25) is 10.1 Å². The Kier molecular flexibility index (Phi) is 2.89. The lowest BCUT2D eigenvalue weighted by Crippen LogP contribution is -2.58. The van der Waals surface area contributed by atoms with Gasteiger partial charge in [-0.15, -0.1) is 0 Å². The summed E-state index contributed by atoms with van der Waals surface area (Å²) in [7, 11) is 0. The lowest BCUT2D eigenvalue weighted by Gasteiger charge is -2.57. The first-order chi connectivity index (χ1) is 9.62. The van der Waals surface area contributed by atoms with Crippen LogP contribution in [0.25, 0.3) is 0 Å². The van der Waals surface area contributed by atoms with E-state index < -0.39 is 0 Å². The molecule has 4 aliphatic rings. The van der Waals surface area contributed by atoms with Gasteiger partial charge in [0.15, 0.2) is 0 Å². The van der Waals surface area contributed by atoms with Gasteiger partial charge >= 0.3 is 5.00 Å². The molecule has 0 radical (unpaired) electrons. The molecule has 1 aromatic rings. The summed E-state index contributed by atoms with van der Waals surface area (Å²) in [5, 5.41) is 16.7. The summed E-state index contributed by atoms with van der Waals surface area (Å²) in [5.74, 6) is 2.81. The van der Waals surface area contributed by atoms with Gasteiger partial charge in [0, 0.05) is 23.5 Å². The molecule has 5 rings (SSSR count). The van der Waals surface area contributed by atoms with Crippen molar-refractivity contribution >= 4 is 16.3 Å². The first-order valence-electron chi connectivity index (χ1n) is 7.59. The summed E-state index contributed by atoms with van der Waals surface area (Å²) in [6, 6.07) is 1.72. The quantitative estimate of drug-likeness (QED) is 0.680. The monoisotopic (exact) mass is 292 g/mol. The molecule has 108 valence electrons. The minimum absolute atomic E-state index is 0.257. The van der Waals surface area contributed by atoms with Gasteiger partial charge in [0.1, 0.15) is 0 Å². The van der Waals surface area contributed by atoms with Gasteiger partial charge in [0.2, 0.25) is 0 Å². The van der Waals surface area contributed by atoms with Crippen LogP contribution in [0.4, 0.5) is 5.00 Å². The molecule has 1 aromatic heterocycles. The molecule has 4 nitrogen and oxygen atoms in total. The van der Waals surface area contributed by atoms with E-state index in [1.54, 1.807) is 6.07 Å². The van der Waals surface area contributed by atoms with Gasteiger partial charge in [-0.25, -0.2) is 0 Å². The molecule has 0 saturated heterocycles. The minimum atomic E-state index is -0.293. The Labute approximate surface area is 122 Å². The van der Waals surface area contributed by atoms with Crippen molar-refractivity contribution in [1.29, 1.82) is 0 Å². The number of nitrogens with one attached hydrogen (secondary N) is 1. The SMILES string of the molecule is O=[N+]([O-])c1cc(CNC23CC4CC(CC(C4)C2)C3)cs1. The van der Waals surface area contributed by atoms with E-state index in [2.05, 4.69) is 5.32 Å². The van der Waals surface area contributed by atoms with Gasteiger partial charge in [-0.1, -0.05) is 11.3 Å². The summed E-state index contributed by atoms with van der Waals surface area (Å²) < 4.78 is 0. The Hall–Kier alpha value is -0.940. The molecule has 0 amide bonds. The van der Waals surface area contributed by atoms with Crippen molar-refractivity contribution in [3.05, 3.63) is 27.1 Å². The zero-order chi connectivity index (χ0) is 13.7. The number of nitro groups is 1. The second-order valence-electron chi connectivity index (χ2n) is 7.10. The molecule has 1 N–H and O–H groups in total. The number of hydrogen-bond donors (Lipinski definition) is 1. The smallest absolute Gasteiger partial charge is 0.307 e. The molecular weight excluding hydrogens is 272 g/mol. The van der Waals surface area contributed by atoms with Crippen molar-refractivity contribution < 1.29 is 4.92 Å². The topological polar surface area (TPSA) is 55.2 Å². The van der Waals surface area contributed by atoms with Gasteiger partial charge in [-0.05, 0) is 61.8 Å². The molecule has 0 atom stereocenters. The van der Waals surface area contributed by atoms with E-state index in [1.165, 1.54) is 49.9 Å². The van der Waals surface area contributed by atoms with E-state index in [0.29, 0.717) is 5.54 Å². The molecular formula is C15H20N2O2S. The molecule has 4 fully saturated rings. The van der Waals surface area contributed by atoms with Crippen molar-refractivity contribution in [2.75, 3.05) is 0 Å². The van der Waals surface area contributed by atoms with E-state index in [9.17, 15) is 10.1 Å². The van der Waals surface area contributed by atoms with Gasteiger partial charge in [0.25, 0.3) is 0 Å². The zero-order valence-electron chi connectivity index (χ0n) is 11.5. The fraction of sp³-hybridized carbons (Fsp3) is 0.733. The van der Waals surface area contributed by atoms with Crippen LogP contribution in [0, 0.1) is 27.9 Å². The predicted octanol–water partition coefficient (Wildman–Crippen LogP) is 3.71. The first-order valence-corrected chi connectivity index (χ1v) is 8.47. The molecule has 4 aliphatic carbocycles. The Bertz CT molecular complexity index is 504. The highest BCUT2D eigenvalue weighted by Crippen LogP contribution is 2.55. The predicted molar refractivity (Wildman–Crippen MR) is 78.7 cm³/mol. The summed E-state index contributed by atoms with van der Waals surface area (Å²) >= 11 is 1.24. The van der Waals surface area contributed by atoms with Crippen LogP contribution >= 0.6 is 11.3 Å². The van der Waals surface area contributed by atoms with E-state index in [-0.39, 0.29) is 9.92 Å². The Morgan fingerprint density at radius 3 is 2.35 bits per heavy atom. The first kappa shape index (κ1) is 12.8. The molecule has 4 saturated carbocycles. The fourth-order valence-corrected chi connectivity index (χ4v) is 5.90. The Balaban J connectivity index is 1.45. The molecule has 0 spiro atoms. The third-order valence-electron chi connectivity index (χ3n) is 5.53. The van der Waals surface area contributed by atoms with Crippen molar-refractivity contribution in [3.63, 3.8) is 0 Å². The zero-order valence-corrected chi connectivity index (χ0v) is 12.3. The lowest BCUT2D eigenvalue weighted by atomic mass is 9.53. The lowest BCUT2D eigenvalue weighted by molar-refractivity contribution is -0.380. The number of thiophene rings is 1. The van der Waals surface area contributed by atoms with Crippen LogP contribution in [0.15, 0.2) is 11.4 Å². The van der Waals surface area contributed by atoms with Crippen molar-refractivity contribution in [2.24, 2.45) is 17.8 Å². The summed E-state index contributed by atoms with van der Waals surface area (Å²) in [6.07, 6.45) is 8.32. The van der Waals surface area contributed by atoms with E-state index in [1.807, 2.05) is 5.38 Å². The molecule has 20 heavy (non-hydrogen) atoms. The number of nitrogens with zero attached hydrogens (tertiary/aromatic N) is 1. The Morgan fingerprint density at radius 1 is 1.25 bits per heavy atom. The average molecular weight is 292 g/mol. The highest BCUT2D eigenvalue weighted by Gasteiger charge is 2.50. The standard InChI is InChI=1S/C15H20N2O2S/c18-17(19)14-4-13(9-20-14)8-16-15-5-10-1-11(6-15)3-12(2-10)7-15/h4,9-12,16H,1-3,5-8H2. The third kappa shape index (κ3) is 2.17. The highest BCUT2D eigenvalue weighted by molar-refractivity contribution is 7.13. The summed E-state index contributed by atoms with van der Waals surface area (Å²) in [6.45, 7) is 0.788. The van der Waals surface area contributed by atoms with Crippen LogP contribution in [-0.2, 0) is 6.54 Å². The maximum Gasteiger partial charge on any atom is 0.324 e. The normalized spacial score (nSPS) is 38.3. The largest absolute Gasteiger partial charge is 0.324 e. The fourth-order valence-electron chi connectivity index (χ4n) is 5.17. The van der Waals surface area contributed by atoms with Crippen molar-refractivity contribution in [1.82, 2.24) is 5.32 Å². The van der Waals surface area contributed by atoms with Crippen LogP contribution in [-0.4, -0.2) is 10.5 Å². The van der Waals surface area contributed by atoms with Crippen molar-refractivity contribution in [3.8, 4) is 0 Å².